The Labute approximate surface area is 107 Å². The number of nitrogens with zero attached hydrogens (tertiary/aromatic N) is 4. The molecule has 6 nitrogen and oxygen atoms in total. The number of rotatable bonds is 5. The van der Waals surface area contributed by atoms with E-state index in [1.807, 2.05) is 6.92 Å². The fraction of sp³-hybridized carbons (Fsp3) is 0.333. The van der Waals surface area contributed by atoms with E-state index in [2.05, 4.69) is 20.2 Å². The molecule has 17 heavy (non-hydrogen) atoms. The molecule has 90 valence electrons. The van der Waals surface area contributed by atoms with Crippen molar-refractivity contribution in [2.75, 3.05) is 12.3 Å². The highest BCUT2D eigenvalue weighted by atomic mass is 32.2. The van der Waals surface area contributed by atoms with Gasteiger partial charge in [0.05, 0.1) is 0 Å². The molecule has 0 atom stereocenters. The fourth-order valence-corrected chi connectivity index (χ4v) is 2.55. The van der Waals surface area contributed by atoms with Gasteiger partial charge in [-0.3, -0.25) is 0 Å². The van der Waals surface area contributed by atoms with Crippen LogP contribution in [0.4, 0.5) is 5.82 Å². The van der Waals surface area contributed by atoms with Gasteiger partial charge in [0.25, 0.3) is 0 Å². The summed E-state index contributed by atoms with van der Waals surface area (Å²) in [7, 11) is 0. The van der Waals surface area contributed by atoms with Crippen LogP contribution in [0.1, 0.15) is 12.7 Å². The number of hydrogen-bond acceptors (Lipinski definition) is 8. The summed E-state index contributed by atoms with van der Waals surface area (Å²) in [6.07, 6.45) is 0. The van der Waals surface area contributed by atoms with Crippen LogP contribution in [0.5, 0.6) is 0 Å². The molecule has 0 radical (unpaired) electrons. The van der Waals surface area contributed by atoms with Crippen molar-refractivity contribution < 1.29 is 4.74 Å². The van der Waals surface area contributed by atoms with Crippen LogP contribution in [-0.4, -0.2) is 26.8 Å². The molecule has 0 aliphatic carbocycles. The lowest BCUT2D eigenvalue weighted by atomic mass is 10.5. The largest absolute Gasteiger partial charge is 0.384 e. The highest BCUT2D eigenvalue weighted by Crippen LogP contribution is 2.27. The molecule has 8 heteroatoms. The van der Waals surface area contributed by atoms with Crippen LogP contribution in [0.2, 0.25) is 0 Å². The molecule has 2 aromatic rings. The molecule has 0 bridgehead atoms. The predicted molar refractivity (Wildman–Crippen MR) is 65.8 cm³/mol. The Morgan fingerprint density at radius 1 is 1.47 bits per heavy atom. The van der Waals surface area contributed by atoms with E-state index in [9.17, 15) is 0 Å². The van der Waals surface area contributed by atoms with E-state index >= 15 is 0 Å². The van der Waals surface area contributed by atoms with Crippen LogP contribution >= 0.6 is 23.1 Å². The molecule has 2 rings (SSSR count). The van der Waals surface area contributed by atoms with Gasteiger partial charge in [-0.2, -0.15) is 0 Å². The van der Waals surface area contributed by atoms with E-state index in [1.54, 1.807) is 11.6 Å². The molecule has 0 aliphatic heterocycles. The Bertz CT molecular complexity index is 476. The minimum absolute atomic E-state index is 0.366. The van der Waals surface area contributed by atoms with Crippen LogP contribution in [0.15, 0.2) is 20.9 Å². The quantitative estimate of drug-likeness (QED) is 0.825. The molecule has 2 N–H and O–H groups in total. The first-order valence-electron chi connectivity index (χ1n) is 4.93. The summed E-state index contributed by atoms with van der Waals surface area (Å²) < 4.78 is 6.07. The molecule has 0 saturated heterocycles. The SMILES string of the molecule is CCOCc1nc(N)cc(Sc2nncs2)n1. The lowest BCUT2D eigenvalue weighted by molar-refractivity contribution is 0.128. The molecule has 0 fully saturated rings. The summed E-state index contributed by atoms with van der Waals surface area (Å²) in [5.41, 5.74) is 7.38. The van der Waals surface area contributed by atoms with Crippen molar-refractivity contribution in [3.8, 4) is 0 Å². The van der Waals surface area contributed by atoms with E-state index in [0.717, 1.165) is 9.37 Å². The molecule has 0 aromatic carbocycles. The monoisotopic (exact) mass is 269 g/mol. The topological polar surface area (TPSA) is 86.8 Å². The first-order chi connectivity index (χ1) is 8.28. The van der Waals surface area contributed by atoms with Crippen molar-refractivity contribution >= 4 is 28.9 Å². The number of anilines is 1. The third-order valence-electron chi connectivity index (χ3n) is 1.74. The smallest absolute Gasteiger partial charge is 0.180 e. The minimum atomic E-state index is 0.366. The van der Waals surface area contributed by atoms with Gasteiger partial charge in [-0.05, 0) is 18.7 Å². The van der Waals surface area contributed by atoms with Gasteiger partial charge in [-0.1, -0.05) is 11.3 Å². The third-order valence-corrected chi connectivity index (χ3v) is 3.43. The maximum absolute atomic E-state index is 5.71. The summed E-state index contributed by atoms with van der Waals surface area (Å²) in [4.78, 5) is 8.43. The van der Waals surface area contributed by atoms with E-state index < -0.39 is 0 Å². The average Bonchev–Trinajstić information content (AvgIpc) is 2.78. The Hall–Kier alpha value is -1.25. The summed E-state index contributed by atoms with van der Waals surface area (Å²) in [5.74, 6) is 1.01. The first-order valence-corrected chi connectivity index (χ1v) is 6.62. The second-order valence-corrected chi connectivity index (χ2v) is 5.09. The second-order valence-electron chi connectivity index (χ2n) is 2.99. The van der Waals surface area contributed by atoms with Crippen LogP contribution in [0.25, 0.3) is 0 Å². The molecule has 0 spiro atoms. The Kier molecular flexibility index (Phi) is 4.24. The molecule has 0 saturated carbocycles. The van der Waals surface area contributed by atoms with Gasteiger partial charge < -0.3 is 10.5 Å². The van der Waals surface area contributed by atoms with Gasteiger partial charge in [-0.25, -0.2) is 9.97 Å². The lowest BCUT2D eigenvalue weighted by Crippen LogP contribution is -2.03. The second kappa shape index (κ2) is 5.89. The fourth-order valence-electron chi connectivity index (χ4n) is 1.10. The molecule has 0 aliphatic rings. The van der Waals surface area contributed by atoms with Crippen LogP contribution in [0.3, 0.4) is 0 Å². The van der Waals surface area contributed by atoms with Gasteiger partial charge in [0.1, 0.15) is 23.0 Å². The molecule has 0 amide bonds. The summed E-state index contributed by atoms with van der Waals surface area (Å²) in [6.45, 7) is 2.91. The standard InChI is InChI=1S/C9H11N5OS2/c1-2-15-4-7-12-6(10)3-8(13-7)17-9-14-11-5-16-9/h3,5H,2,4H2,1H3,(H2,10,12,13). The van der Waals surface area contributed by atoms with Gasteiger partial charge in [0.15, 0.2) is 10.2 Å². The predicted octanol–water partition coefficient (Wildman–Crippen LogP) is 1.60. The molecular weight excluding hydrogens is 258 g/mol. The van der Waals surface area contributed by atoms with Gasteiger partial charge in [-0.15, -0.1) is 10.2 Å². The zero-order valence-electron chi connectivity index (χ0n) is 9.16. The Morgan fingerprint density at radius 2 is 2.35 bits per heavy atom. The molecule has 2 heterocycles. The zero-order valence-corrected chi connectivity index (χ0v) is 10.8. The minimum Gasteiger partial charge on any atom is -0.384 e. The van der Waals surface area contributed by atoms with E-state index in [1.165, 1.54) is 23.1 Å². The summed E-state index contributed by atoms with van der Waals surface area (Å²) in [6, 6.07) is 1.71. The van der Waals surface area contributed by atoms with Crippen molar-refractivity contribution in [2.24, 2.45) is 0 Å². The van der Waals surface area contributed by atoms with Crippen LogP contribution < -0.4 is 5.73 Å². The maximum atomic E-state index is 5.71. The van der Waals surface area contributed by atoms with Gasteiger partial charge in [0, 0.05) is 12.7 Å². The van der Waals surface area contributed by atoms with Crippen molar-refractivity contribution in [2.45, 2.75) is 22.9 Å². The van der Waals surface area contributed by atoms with Crippen molar-refractivity contribution in [1.82, 2.24) is 20.2 Å². The first kappa shape index (κ1) is 12.2. The van der Waals surface area contributed by atoms with Crippen molar-refractivity contribution in [3.05, 3.63) is 17.4 Å². The van der Waals surface area contributed by atoms with E-state index in [4.69, 9.17) is 10.5 Å². The number of nitrogen functional groups attached to an aromatic ring is 1. The normalized spacial score (nSPS) is 10.6. The molecule has 0 unspecified atom stereocenters. The Balaban J connectivity index is 2.13. The van der Waals surface area contributed by atoms with Crippen molar-refractivity contribution in [1.29, 1.82) is 0 Å². The molecular formula is C9H11N5OS2. The Morgan fingerprint density at radius 3 is 3.06 bits per heavy atom. The summed E-state index contributed by atoms with van der Waals surface area (Å²) in [5, 5.41) is 8.45. The van der Waals surface area contributed by atoms with Gasteiger partial charge in [0.2, 0.25) is 0 Å². The molecule has 2 aromatic heterocycles. The maximum Gasteiger partial charge on any atom is 0.180 e. The zero-order chi connectivity index (χ0) is 12.1. The van der Waals surface area contributed by atoms with E-state index in [-0.39, 0.29) is 0 Å². The van der Waals surface area contributed by atoms with Gasteiger partial charge >= 0.3 is 0 Å². The number of ether oxygens (including phenoxy) is 1. The number of aromatic nitrogens is 4. The van der Waals surface area contributed by atoms with Crippen LogP contribution in [0, 0.1) is 0 Å². The third kappa shape index (κ3) is 3.62. The van der Waals surface area contributed by atoms with Crippen LogP contribution in [-0.2, 0) is 11.3 Å². The van der Waals surface area contributed by atoms with Crippen molar-refractivity contribution in [3.63, 3.8) is 0 Å². The highest BCUT2D eigenvalue weighted by Gasteiger charge is 2.06. The highest BCUT2D eigenvalue weighted by molar-refractivity contribution is 8.00. The number of hydrogen-bond donors (Lipinski definition) is 1. The number of nitrogens with two attached hydrogens (primary N) is 1. The van der Waals surface area contributed by atoms with E-state index in [0.29, 0.717) is 24.9 Å². The lowest BCUT2D eigenvalue weighted by Gasteiger charge is -2.04. The summed E-state index contributed by atoms with van der Waals surface area (Å²) >= 11 is 2.87. The average molecular weight is 269 g/mol.